The predicted molar refractivity (Wildman–Crippen MR) is 154 cm³/mol. The number of amides is 1. The number of hydrogen-bond donors (Lipinski definition) is 2. The maximum absolute atomic E-state index is 14.1. The Morgan fingerprint density at radius 2 is 1.85 bits per heavy atom. The molecule has 40 heavy (non-hydrogen) atoms. The maximum Gasteiger partial charge on any atom is 0.296 e. The summed E-state index contributed by atoms with van der Waals surface area (Å²) in [6.45, 7) is 4.27. The number of aliphatic hydroxyl groups is 1. The van der Waals surface area contributed by atoms with E-state index in [0.29, 0.717) is 23.5 Å². The highest BCUT2D eigenvalue weighted by Crippen LogP contribution is 2.39. The number of aliphatic hydroxyl groups excluding tert-OH is 1. The van der Waals surface area contributed by atoms with Crippen LogP contribution in [0.5, 0.6) is 5.75 Å². The Labute approximate surface area is 234 Å². The molecule has 1 aromatic heterocycles. The number of aryl methyl sites for hydroxylation is 1. The van der Waals surface area contributed by atoms with Crippen molar-refractivity contribution in [1.82, 2.24) is 14.5 Å². The molecule has 4 atom stereocenters. The fourth-order valence-electron chi connectivity index (χ4n) is 5.38. The van der Waals surface area contributed by atoms with Crippen molar-refractivity contribution in [3.8, 4) is 5.75 Å². The number of aromatic nitrogens is 2. The Morgan fingerprint density at radius 3 is 2.55 bits per heavy atom. The van der Waals surface area contributed by atoms with Gasteiger partial charge in [-0.2, -0.15) is 0 Å². The Kier molecular flexibility index (Phi) is 8.28. The molecule has 5 rings (SSSR count). The average molecular weight is 541 g/mol. The molecule has 0 fully saturated rings. The van der Waals surface area contributed by atoms with Gasteiger partial charge in [-0.3, -0.25) is 14.2 Å². The molecule has 0 radical (unpaired) electrons. The number of nitrogens with zero attached hydrogens (tertiary/aromatic N) is 3. The molecule has 1 amide bonds. The molecule has 2 aliphatic rings. The Bertz CT molecular complexity index is 1460. The van der Waals surface area contributed by atoms with Crippen LogP contribution in [0.3, 0.4) is 0 Å². The van der Waals surface area contributed by atoms with E-state index in [1.54, 1.807) is 21.6 Å². The zero-order valence-corrected chi connectivity index (χ0v) is 22.9. The summed E-state index contributed by atoms with van der Waals surface area (Å²) in [5, 5.41) is 10.7. The number of allylic oxidation sites excluding steroid dienone is 2. The van der Waals surface area contributed by atoms with Gasteiger partial charge in [0.1, 0.15) is 17.6 Å². The van der Waals surface area contributed by atoms with E-state index in [-0.39, 0.29) is 48.9 Å². The van der Waals surface area contributed by atoms with Gasteiger partial charge in [-0.15, -0.1) is 0 Å². The van der Waals surface area contributed by atoms with Crippen molar-refractivity contribution >= 4 is 5.91 Å². The minimum atomic E-state index is -0.934. The predicted octanol–water partition coefficient (Wildman–Crippen LogP) is 3.87. The summed E-state index contributed by atoms with van der Waals surface area (Å²) in [7, 11) is 0. The van der Waals surface area contributed by atoms with Crippen molar-refractivity contribution in [2.75, 3.05) is 13.1 Å². The third kappa shape index (κ3) is 5.50. The van der Waals surface area contributed by atoms with Crippen LogP contribution in [0.25, 0.3) is 0 Å². The SMILES string of the molecule is CCCC(c1nc2c(c(=O)n1Cc1ccccc1)OC1C=CC=CC21)N(CC(O)CN)C(=O)c1ccc(C)cc1. The molecule has 1 aliphatic heterocycles. The zero-order chi connectivity index (χ0) is 28.2. The van der Waals surface area contributed by atoms with Gasteiger partial charge in [-0.05, 0) is 37.1 Å². The van der Waals surface area contributed by atoms with E-state index in [1.165, 1.54) is 0 Å². The maximum atomic E-state index is 14.1. The number of carbonyl (C=O) groups is 1. The first-order valence-corrected chi connectivity index (χ1v) is 13.9. The number of fused-ring (bicyclic) bond motifs is 3. The van der Waals surface area contributed by atoms with Gasteiger partial charge in [-0.1, -0.05) is 79.6 Å². The average Bonchev–Trinajstić information content (AvgIpc) is 3.36. The Hall–Kier alpha value is -4.01. The summed E-state index contributed by atoms with van der Waals surface area (Å²) < 4.78 is 7.74. The minimum Gasteiger partial charge on any atom is -0.478 e. The van der Waals surface area contributed by atoms with Crippen molar-refractivity contribution in [1.29, 1.82) is 0 Å². The van der Waals surface area contributed by atoms with Gasteiger partial charge in [0.25, 0.3) is 11.5 Å². The van der Waals surface area contributed by atoms with Crippen molar-refractivity contribution in [3.63, 3.8) is 0 Å². The van der Waals surface area contributed by atoms with E-state index < -0.39 is 12.1 Å². The van der Waals surface area contributed by atoms with Gasteiger partial charge < -0.3 is 20.5 Å². The molecule has 208 valence electrons. The standard InChI is InChI=1S/C32H36N4O4/c1-3-9-26(35(20-24(37)18-33)31(38)23-16-14-21(2)15-17-23)30-34-28-25-12-7-8-13-27(25)40-29(28)32(39)36(30)19-22-10-5-4-6-11-22/h4-8,10-17,24-27,37H,3,9,18-20,33H2,1-2H3. The summed E-state index contributed by atoms with van der Waals surface area (Å²) >= 11 is 0. The first kappa shape index (κ1) is 27.6. The fraction of sp³-hybridized carbons (Fsp3) is 0.344. The number of hydrogen-bond acceptors (Lipinski definition) is 6. The summed E-state index contributed by atoms with van der Waals surface area (Å²) in [5.41, 5.74) is 8.58. The lowest BCUT2D eigenvalue weighted by molar-refractivity contribution is 0.0490. The second-order valence-electron chi connectivity index (χ2n) is 10.5. The molecule has 0 saturated heterocycles. The molecule has 2 aromatic carbocycles. The van der Waals surface area contributed by atoms with Gasteiger partial charge >= 0.3 is 0 Å². The molecule has 3 N–H and O–H groups in total. The fourth-order valence-corrected chi connectivity index (χ4v) is 5.38. The van der Waals surface area contributed by atoms with Crippen LogP contribution in [0.15, 0.2) is 83.7 Å². The van der Waals surface area contributed by atoms with Gasteiger partial charge in [0.15, 0.2) is 0 Å². The van der Waals surface area contributed by atoms with Crippen LogP contribution in [0, 0.1) is 6.92 Å². The minimum absolute atomic E-state index is 0.000314. The van der Waals surface area contributed by atoms with Crippen LogP contribution in [-0.2, 0) is 6.54 Å². The molecule has 0 bridgehead atoms. The highest BCUT2D eigenvalue weighted by molar-refractivity contribution is 5.94. The van der Waals surface area contributed by atoms with Crippen LogP contribution in [0.4, 0.5) is 0 Å². The molecule has 1 aliphatic carbocycles. The van der Waals surface area contributed by atoms with Gasteiger partial charge in [0.2, 0.25) is 5.75 Å². The van der Waals surface area contributed by atoms with E-state index in [9.17, 15) is 14.7 Å². The summed E-state index contributed by atoms with van der Waals surface area (Å²) in [6.07, 6.45) is 7.81. The molecule has 0 spiro atoms. The van der Waals surface area contributed by atoms with Crippen molar-refractivity contribution in [2.45, 2.75) is 57.4 Å². The molecule has 8 nitrogen and oxygen atoms in total. The number of nitrogens with two attached hydrogens (primary N) is 1. The quantitative estimate of drug-likeness (QED) is 0.404. The van der Waals surface area contributed by atoms with Crippen LogP contribution < -0.4 is 16.0 Å². The number of carbonyl (C=O) groups excluding carboxylic acids is 1. The first-order valence-electron chi connectivity index (χ1n) is 13.9. The molecular weight excluding hydrogens is 504 g/mol. The van der Waals surface area contributed by atoms with E-state index in [0.717, 1.165) is 17.5 Å². The van der Waals surface area contributed by atoms with E-state index in [2.05, 4.69) is 0 Å². The monoisotopic (exact) mass is 540 g/mol. The zero-order valence-electron chi connectivity index (χ0n) is 22.9. The summed E-state index contributed by atoms with van der Waals surface area (Å²) in [6, 6.07) is 16.5. The van der Waals surface area contributed by atoms with Crippen LogP contribution in [-0.4, -0.2) is 50.8 Å². The molecule has 8 heteroatoms. The third-order valence-corrected chi connectivity index (χ3v) is 7.50. The second-order valence-corrected chi connectivity index (χ2v) is 10.5. The highest BCUT2D eigenvalue weighted by atomic mass is 16.5. The highest BCUT2D eigenvalue weighted by Gasteiger charge is 2.39. The van der Waals surface area contributed by atoms with Crippen molar-refractivity contribution in [3.05, 3.63) is 117 Å². The number of ether oxygens (including phenoxy) is 1. The first-order chi connectivity index (χ1) is 19.4. The summed E-state index contributed by atoms with van der Waals surface area (Å²) in [5.74, 6) is 0.295. The van der Waals surface area contributed by atoms with Gasteiger partial charge in [0, 0.05) is 18.7 Å². The lowest BCUT2D eigenvalue weighted by Crippen LogP contribution is -2.44. The molecule has 4 unspecified atom stereocenters. The van der Waals surface area contributed by atoms with Crippen molar-refractivity contribution < 1.29 is 14.6 Å². The van der Waals surface area contributed by atoms with Gasteiger partial charge in [-0.25, -0.2) is 4.98 Å². The number of benzene rings is 2. The molecule has 0 saturated carbocycles. The second kappa shape index (κ2) is 12.0. The van der Waals surface area contributed by atoms with Gasteiger partial charge in [0.05, 0.1) is 24.6 Å². The molecular formula is C32H36N4O4. The number of rotatable bonds is 10. The topological polar surface area (TPSA) is 111 Å². The van der Waals surface area contributed by atoms with Crippen LogP contribution in [0.2, 0.25) is 0 Å². The molecule has 2 heterocycles. The smallest absolute Gasteiger partial charge is 0.296 e. The van der Waals surface area contributed by atoms with Crippen molar-refractivity contribution in [2.24, 2.45) is 5.73 Å². The largest absolute Gasteiger partial charge is 0.478 e. The lowest BCUT2D eigenvalue weighted by atomic mass is 9.95. The summed E-state index contributed by atoms with van der Waals surface area (Å²) in [4.78, 5) is 34.9. The normalized spacial score (nSPS) is 18.5. The van der Waals surface area contributed by atoms with E-state index in [4.69, 9.17) is 15.5 Å². The molecule has 3 aromatic rings. The Balaban J connectivity index is 1.68. The van der Waals surface area contributed by atoms with E-state index >= 15 is 0 Å². The third-order valence-electron chi connectivity index (χ3n) is 7.50. The van der Waals surface area contributed by atoms with E-state index in [1.807, 2.05) is 80.6 Å². The van der Waals surface area contributed by atoms with Crippen LogP contribution >= 0.6 is 0 Å². The van der Waals surface area contributed by atoms with Crippen LogP contribution in [0.1, 0.15) is 64.7 Å². The lowest BCUT2D eigenvalue weighted by Gasteiger charge is -2.34. The Morgan fingerprint density at radius 1 is 1.12 bits per heavy atom.